The SMILES string of the molecule is CN1CCC(Cc2ccccc2)C1.I. The third-order valence-electron chi connectivity index (χ3n) is 2.86. The zero-order valence-electron chi connectivity index (χ0n) is 8.65. The van der Waals surface area contributed by atoms with E-state index in [0.717, 1.165) is 5.92 Å². The van der Waals surface area contributed by atoms with Gasteiger partial charge in [-0.05, 0) is 37.9 Å². The number of likely N-dealkylation sites (tertiary alicyclic amines) is 1. The van der Waals surface area contributed by atoms with Gasteiger partial charge in [0, 0.05) is 6.54 Å². The van der Waals surface area contributed by atoms with Crippen molar-refractivity contribution in [2.45, 2.75) is 12.8 Å². The molecule has 1 aromatic rings. The molecule has 2 rings (SSSR count). The molecule has 0 radical (unpaired) electrons. The van der Waals surface area contributed by atoms with Gasteiger partial charge in [-0.25, -0.2) is 0 Å². The lowest BCUT2D eigenvalue weighted by molar-refractivity contribution is 0.394. The van der Waals surface area contributed by atoms with E-state index < -0.39 is 0 Å². The van der Waals surface area contributed by atoms with Crippen molar-refractivity contribution in [1.29, 1.82) is 0 Å². The maximum absolute atomic E-state index is 2.42. The second-order valence-corrected chi connectivity index (χ2v) is 4.11. The summed E-state index contributed by atoms with van der Waals surface area (Å²) in [4.78, 5) is 2.42. The highest BCUT2D eigenvalue weighted by Crippen LogP contribution is 2.18. The van der Waals surface area contributed by atoms with Gasteiger partial charge in [0.05, 0.1) is 0 Å². The maximum atomic E-state index is 2.42. The van der Waals surface area contributed by atoms with E-state index in [1.807, 2.05) is 0 Å². The molecule has 0 aliphatic carbocycles. The molecule has 0 amide bonds. The topological polar surface area (TPSA) is 3.24 Å². The summed E-state index contributed by atoms with van der Waals surface area (Å²) < 4.78 is 0. The van der Waals surface area contributed by atoms with Crippen molar-refractivity contribution in [3.05, 3.63) is 35.9 Å². The Bertz CT molecular complexity index is 260. The van der Waals surface area contributed by atoms with Crippen LogP contribution in [-0.4, -0.2) is 25.0 Å². The number of halogens is 1. The third-order valence-corrected chi connectivity index (χ3v) is 2.86. The van der Waals surface area contributed by atoms with Gasteiger partial charge in [-0.15, -0.1) is 24.0 Å². The number of benzene rings is 1. The second-order valence-electron chi connectivity index (χ2n) is 4.11. The number of rotatable bonds is 2. The highest BCUT2D eigenvalue weighted by atomic mass is 127. The normalized spacial score (nSPS) is 21.9. The molecule has 0 bridgehead atoms. The van der Waals surface area contributed by atoms with Crippen LogP contribution in [0.5, 0.6) is 0 Å². The van der Waals surface area contributed by atoms with Gasteiger partial charge in [0.1, 0.15) is 0 Å². The van der Waals surface area contributed by atoms with E-state index in [1.165, 1.54) is 31.5 Å². The largest absolute Gasteiger partial charge is 0.306 e. The van der Waals surface area contributed by atoms with E-state index >= 15 is 0 Å². The predicted octanol–water partition coefficient (Wildman–Crippen LogP) is 2.80. The molecule has 1 saturated heterocycles. The molecule has 0 saturated carbocycles. The van der Waals surface area contributed by atoms with Crippen LogP contribution < -0.4 is 0 Å². The van der Waals surface area contributed by atoms with Crippen LogP contribution in [0.4, 0.5) is 0 Å². The first-order valence-corrected chi connectivity index (χ1v) is 5.07. The Morgan fingerprint density at radius 1 is 1.29 bits per heavy atom. The minimum Gasteiger partial charge on any atom is -0.306 e. The fraction of sp³-hybridized carbons (Fsp3) is 0.500. The van der Waals surface area contributed by atoms with E-state index in [0.29, 0.717) is 0 Å². The minimum atomic E-state index is 0. The zero-order valence-corrected chi connectivity index (χ0v) is 11.0. The van der Waals surface area contributed by atoms with Crippen LogP contribution >= 0.6 is 24.0 Å². The van der Waals surface area contributed by atoms with Crippen LogP contribution in [0, 0.1) is 5.92 Å². The number of nitrogens with zero attached hydrogens (tertiary/aromatic N) is 1. The molecule has 0 spiro atoms. The first-order valence-electron chi connectivity index (χ1n) is 5.07. The smallest absolute Gasteiger partial charge is 0.00103 e. The van der Waals surface area contributed by atoms with Crippen molar-refractivity contribution in [2.75, 3.05) is 20.1 Å². The van der Waals surface area contributed by atoms with Crippen LogP contribution in [0.25, 0.3) is 0 Å². The summed E-state index contributed by atoms with van der Waals surface area (Å²) in [5, 5.41) is 0. The highest BCUT2D eigenvalue weighted by Gasteiger charge is 2.18. The van der Waals surface area contributed by atoms with Gasteiger partial charge in [-0.2, -0.15) is 0 Å². The van der Waals surface area contributed by atoms with Crippen LogP contribution in [-0.2, 0) is 6.42 Å². The van der Waals surface area contributed by atoms with Gasteiger partial charge < -0.3 is 4.90 Å². The fourth-order valence-corrected chi connectivity index (χ4v) is 2.14. The molecule has 0 N–H and O–H groups in total. The molecule has 1 aromatic carbocycles. The lowest BCUT2D eigenvalue weighted by Gasteiger charge is -2.09. The Hall–Kier alpha value is -0.0900. The van der Waals surface area contributed by atoms with Crippen LogP contribution in [0.2, 0.25) is 0 Å². The van der Waals surface area contributed by atoms with Crippen molar-refractivity contribution in [2.24, 2.45) is 5.92 Å². The van der Waals surface area contributed by atoms with Gasteiger partial charge in [0.15, 0.2) is 0 Å². The number of hydrogen-bond acceptors (Lipinski definition) is 1. The second kappa shape index (κ2) is 5.71. The summed E-state index contributed by atoms with van der Waals surface area (Å²) >= 11 is 0. The molecule has 1 fully saturated rings. The van der Waals surface area contributed by atoms with Crippen molar-refractivity contribution in [3.63, 3.8) is 0 Å². The average molecular weight is 303 g/mol. The van der Waals surface area contributed by atoms with E-state index in [4.69, 9.17) is 0 Å². The number of hydrogen-bond donors (Lipinski definition) is 0. The van der Waals surface area contributed by atoms with Crippen LogP contribution in [0.3, 0.4) is 0 Å². The Morgan fingerprint density at radius 2 is 2.00 bits per heavy atom. The molecule has 14 heavy (non-hydrogen) atoms. The molecule has 1 atom stereocenters. The Morgan fingerprint density at radius 3 is 2.57 bits per heavy atom. The predicted molar refractivity (Wildman–Crippen MR) is 71.2 cm³/mol. The Labute approximate surface area is 104 Å². The summed E-state index contributed by atoms with van der Waals surface area (Å²) in [6.07, 6.45) is 2.62. The van der Waals surface area contributed by atoms with Crippen molar-refractivity contribution < 1.29 is 0 Å². The third kappa shape index (κ3) is 3.24. The lowest BCUT2D eigenvalue weighted by Crippen LogP contribution is -2.14. The summed E-state index contributed by atoms with van der Waals surface area (Å²) in [7, 11) is 2.21. The summed E-state index contributed by atoms with van der Waals surface area (Å²) in [5.41, 5.74) is 1.49. The molecule has 78 valence electrons. The molecule has 0 aromatic heterocycles. The van der Waals surface area contributed by atoms with Crippen LogP contribution in [0.15, 0.2) is 30.3 Å². The molecule has 1 aliphatic heterocycles. The molecule has 1 heterocycles. The van der Waals surface area contributed by atoms with Gasteiger partial charge in [0.25, 0.3) is 0 Å². The average Bonchev–Trinajstić information content (AvgIpc) is 2.53. The zero-order chi connectivity index (χ0) is 9.10. The Balaban J connectivity index is 0.000000980. The van der Waals surface area contributed by atoms with Crippen LogP contribution in [0.1, 0.15) is 12.0 Å². The first-order chi connectivity index (χ1) is 6.34. The van der Waals surface area contributed by atoms with Crippen molar-refractivity contribution >= 4 is 24.0 Å². The molecule has 2 heteroatoms. The van der Waals surface area contributed by atoms with E-state index in [1.54, 1.807) is 0 Å². The maximum Gasteiger partial charge on any atom is 0.00103 e. The van der Waals surface area contributed by atoms with E-state index in [2.05, 4.69) is 42.3 Å². The summed E-state index contributed by atoms with van der Waals surface area (Å²) in [6.45, 7) is 2.55. The van der Waals surface area contributed by atoms with E-state index in [9.17, 15) is 0 Å². The quantitative estimate of drug-likeness (QED) is 0.760. The Kier molecular flexibility index (Phi) is 4.89. The standard InChI is InChI=1S/C12H17N.HI/c1-13-8-7-12(10-13)9-11-5-3-2-4-6-11;/h2-6,12H,7-10H2,1H3;1H. The van der Waals surface area contributed by atoms with Gasteiger partial charge in [-0.1, -0.05) is 30.3 Å². The fourth-order valence-electron chi connectivity index (χ4n) is 2.14. The summed E-state index contributed by atoms with van der Waals surface area (Å²) in [5.74, 6) is 0.882. The first kappa shape index (κ1) is 12.0. The van der Waals surface area contributed by atoms with Gasteiger partial charge in [-0.3, -0.25) is 0 Å². The van der Waals surface area contributed by atoms with Crippen molar-refractivity contribution in [1.82, 2.24) is 4.90 Å². The molecule has 1 nitrogen and oxygen atoms in total. The lowest BCUT2D eigenvalue weighted by atomic mass is 9.99. The van der Waals surface area contributed by atoms with Gasteiger partial charge >= 0.3 is 0 Å². The molecular formula is C12H18IN. The summed E-state index contributed by atoms with van der Waals surface area (Å²) in [6, 6.07) is 10.8. The molecule has 1 aliphatic rings. The highest BCUT2D eigenvalue weighted by molar-refractivity contribution is 14.0. The van der Waals surface area contributed by atoms with Gasteiger partial charge in [0.2, 0.25) is 0 Å². The monoisotopic (exact) mass is 303 g/mol. The minimum absolute atomic E-state index is 0. The van der Waals surface area contributed by atoms with E-state index in [-0.39, 0.29) is 24.0 Å². The molecule has 1 unspecified atom stereocenters. The van der Waals surface area contributed by atoms with Crippen molar-refractivity contribution in [3.8, 4) is 0 Å². The molecular weight excluding hydrogens is 285 g/mol.